The lowest BCUT2D eigenvalue weighted by Crippen LogP contribution is -2.51. The van der Waals surface area contributed by atoms with Gasteiger partial charge in [0.15, 0.2) is 6.61 Å². The van der Waals surface area contributed by atoms with E-state index in [-0.39, 0.29) is 31.0 Å². The average Bonchev–Trinajstić information content (AvgIpc) is 2.76. The number of hydrogen-bond donors (Lipinski definition) is 1. The van der Waals surface area contributed by atoms with E-state index in [0.717, 1.165) is 17.5 Å². The number of carbonyl (C=O) groups excluding carboxylic acids is 2. The first-order chi connectivity index (χ1) is 15.2. The SMILES string of the molecule is CC[C@@H](C)NC(=O)[C@H](CC)N(Cc1ccc(Cl)c(Cl)c1)C(=O)COc1ccc(Cl)c(C)c1. The lowest BCUT2D eigenvalue weighted by Gasteiger charge is -2.31. The number of hydrogen-bond acceptors (Lipinski definition) is 3. The molecular weight excluding hydrogens is 471 g/mol. The van der Waals surface area contributed by atoms with Crippen molar-refractivity contribution in [3.05, 3.63) is 62.6 Å². The van der Waals surface area contributed by atoms with Crippen LogP contribution in [0.4, 0.5) is 0 Å². The second kappa shape index (κ2) is 12.3. The van der Waals surface area contributed by atoms with Crippen LogP contribution in [0.5, 0.6) is 5.75 Å². The van der Waals surface area contributed by atoms with Gasteiger partial charge in [0.05, 0.1) is 10.0 Å². The Balaban J connectivity index is 2.25. The molecule has 0 aliphatic heterocycles. The summed E-state index contributed by atoms with van der Waals surface area (Å²) >= 11 is 18.2. The van der Waals surface area contributed by atoms with Crippen molar-refractivity contribution in [3.63, 3.8) is 0 Å². The first-order valence-electron chi connectivity index (χ1n) is 10.6. The molecular formula is C24H29Cl3N2O3. The van der Waals surface area contributed by atoms with Gasteiger partial charge in [-0.25, -0.2) is 0 Å². The first kappa shape index (κ1) is 26.3. The zero-order chi connectivity index (χ0) is 23.8. The summed E-state index contributed by atoms with van der Waals surface area (Å²) in [5.74, 6) is 0.0271. The van der Waals surface area contributed by atoms with Gasteiger partial charge in [0.2, 0.25) is 5.91 Å². The summed E-state index contributed by atoms with van der Waals surface area (Å²) < 4.78 is 5.71. The molecule has 0 saturated heterocycles. The minimum absolute atomic E-state index is 0.00627. The van der Waals surface area contributed by atoms with Crippen LogP contribution in [0.1, 0.15) is 44.7 Å². The van der Waals surface area contributed by atoms with E-state index in [4.69, 9.17) is 39.5 Å². The van der Waals surface area contributed by atoms with E-state index in [1.807, 2.05) is 27.7 Å². The Morgan fingerprint density at radius 3 is 2.28 bits per heavy atom. The maximum absolute atomic E-state index is 13.2. The van der Waals surface area contributed by atoms with Gasteiger partial charge < -0.3 is 15.0 Å². The van der Waals surface area contributed by atoms with Crippen molar-refractivity contribution in [1.29, 1.82) is 0 Å². The van der Waals surface area contributed by atoms with Crippen molar-refractivity contribution in [2.24, 2.45) is 0 Å². The number of rotatable bonds is 10. The minimum Gasteiger partial charge on any atom is -0.484 e. The van der Waals surface area contributed by atoms with Crippen LogP contribution < -0.4 is 10.1 Å². The van der Waals surface area contributed by atoms with Crippen LogP contribution >= 0.6 is 34.8 Å². The topological polar surface area (TPSA) is 58.6 Å². The van der Waals surface area contributed by atoms with E-state index in [2.05, 4.69) is 5.32 Å². The van der Waals surface area contributed by atoms with Crippen LogP contribution in [0.3, 0.4) is 0 Å². The lowest BCUT2D eigenvalue weighted by molar-refractivity contribution is -0.143. The van der Waals surface area contributed by atoms with Crippen molar-refractivity contribution in [3.8, 4) is 5.75 Å². The van der Waals surface area contributed by atoms with Crippen molar-refractivity contribution in [1.82, 2.24) is 10.2 Å². The summed E-state index contributed by atoms with van der Waals surface area (Å²) in [6.45, 7) is 7.65. The number of nitrogens with zero attached hydrogens (tertiary/aromatic N) is 1. The fourth-order valence-corrected chi connectivity index (χ4v) is 3.57. The largest absolute Gasteiger partial charge is 0.484 e. The molecule has 0 aromatic heterocycles. The van der Waals surface area contributed by atoms with Crippen molar-refractivity contribution in [2.45, 2.75) is 59.2 Å². The molecule has 2 atom stereocenters. The van der Waals surface area contributed by atoms with E-state index in [1.165, 1.54) is 4.90 Å². The number of carbonyl (C=O) groups is 2. The number of amides is 2. The molecule has 2 rings (SSSR count). The third-order valence-corrected chi connectivity index (χ3v) is 6.38. The van der Waals surface area contributed by atoms with Crippen LogP contribution in [-0.4, -0.2) is 35.4 Å². The lowest BCUT2D eigenvalue weighted by atomic mass is 10.1. The van der Waals surface area contributed by atoms with Gasteiger partial charge in [0, 0.05) is 17.6 Å². The van der Waals surface area contributed by atoms with Gasteiger partial charge in [-0.1, -0.05) is 54.7 Å². The van der Waals surface area contributed by atoms with Gasteiger partial charge >= 0.3 is 0 Å². The number of halogens is 3. The monoisotopic (exact) mass is 498 g/mol. The molecule has 174 valence electrons. The number of aryl methyl sites for hydroxylation is 1. The summed E-state index contributed by atoms with van der Waals surface area (Å²) in [5, 5.41) is 4.41. The quantitative estimate of drug-likeness (QED) is 0.432. The van der Waals surface area contributed by atoms with Gasteiger partial charge in [-0.2, -0.15) is 0 Å². The standard InChI is InChI=1S/C24H29Cl3N2O3/c1-5-16(4)28-24(31)22(6-2)29(13-17-7-9-20(26)21(27)12-17)23(30)14-32-18-8-10-19(25)15(3)11-18/h7-12,16,22H,5-6,13-14H2,1-4H3,(H,28,31)/t16-,22+/m1/s1. The van der Waals surface area contributed by atoms with Gasteiger partial charge in [-0.05, 0) is 68.1 Å². The summed E-state index contributed by atoms with van der Waals surface area (Å²) in [6.07, 6.45) is 1.25. The third kappa shape index (κ3) is 7.29. The zero-order valence-corrected chi connectivity index (χ0v) is 21.0. The van der Waals surface area contributed by atoms with E-state index in [1.54, 1.807) is 36.4 Å². The van der Waals surface area contributed by atoms with Gasteiger partial charge in [0.25, 0.3) is 5.91 Å². The molecule has 0 radical (unpaired) electrons. The van der Waals surface area contributed by atoms with Crippen molar-refractivity contribution in [2.75, 3.05) is 6.61 Å². The normalized spacial score (nSPS) is 12.7. The fourth-order valence-electron chi connectivity index (χ4n) is 3.13. The van der Waals surface area contributed by atoms with Gasteiger partial charge in [0.1, 0.15) is 11.8 Å². The molecule has 2 aromatic carbocycles. The highest BCUT2D eigenvalue weighted by Gasteiger charge is 2.29. The molecule has 0 unspecified atom stereocenters. The number of nitrogens with one attached hydrogen (secondary N) is 1. The molecule has 0 aliphatic rings. The van der Waals surface area contributed by atoms with Crippen LogP contribution in [0.25, 0.3) is 0 Å². The zero-order valence-electron chi connectivity index (χ0n) is 18.8. The molecule has 0 spiro atoms. The van der Waals surface area contributed by atoms with E-state index >= 15 is 0 Å². The van der Waals surface area contributed by atoms with Crippen LogP contribution in [0.15, 0.2) is 36.4 Å². The highest BCUT2D eigenvalue weighted by atomic mass is 35.5. The molecule has 1 N–H and O–H groups in total. The Hall–Kier alpha value is -1.95. The number of ether oxygens (including phenoxy) is 1. The second-order valence-electron chi connectivity index (χ2n) is 7.71. The second-order valence-corrected chi connectivity index (χ2v) is 8.93. The highest BCUT2D eigenvalue weighted by molar-refractivity contribution is 6.42. The Kier molecular flexibility index (Phi) is 10.1. The molecule has 0 saturated carbocycles. The van der Waals surface area contributed by atoms with Crippen LogP contribution in [0.2, 0.25) is 15.1 Å². The summed E-state index contributed by atoms with van der Waals surface area (Å²) in [7, 11) is 0. The summed E-state index contributed by atoms with van der Waals surface area (Å²) in [4.78, 5) is 27.7. The number of benzene rings is 2. The van der Waals surface area contributed by atoms with Crippen molar-refractivity contribution >= 4 is 46.6 Å². The predicted molar refractivity (Wildman–Crippen MR) is 131 cm³/mol. The maximum Gasteiger partial charge on any atom is 0.261 e. The Bertz CT molecular complexity index is 952. The average molecular weight is 500 g/mol. The summed E-state index contributed by atoms with van der Waals surface area (Å²) in [5.41, 5.74) is 1.62. The molecule has 2 amide bonds. The highest BCUT2D eigenvalue weighted by Crippen LogP contribution is 2.25. The minimum atomic E-state index is -0.651. The maximum atomic E-state index is 13.2. The molecule has 32 heavy (non-hydrogen) atoms. The van der Waals surface area contributed by atoms with Crippen LogP contribution in [-0.2, 0) is 16.1 Å². The van der Waals surface area contributed by atoms with Gasteiger partial charge in [-0.3, -0.25) is 9.59 Å². The third-order valence-electron chi connectivity index (χ3n) is 5.22. The molecule has 0 aliphatic carbocycles. The van der Waals surface area contributed by atoms with Gasteiger partial charge in [-0.15, -0.1) is 0 Å². The Morgan fingerprint density at radius 2 is 1.69 bits per heavy atom. The smallest absolute Gasteiger partial charge is 0.261 e. The van der Waals surface area contributed by atoms with E-state index in [9.17, 15) is 9.59 Å². The Morgan fingerprint density at radius 1 is 1.00 bits per heavy atom. The molecule has 8 heteroatoms. The Labute approximate surface area is 205 Å². The summed E-state index contributed by atoms with van der Waals surface area (Å²) in [6, 6.07) is 9.72. The molecule has 5 nitrogen and oxygen atoms in total. The molecule has 0 bridgehead atoms. The predicted octanol–water partition coefficient (Wildman–Crippen LogP) is 6.06. The molecule has 0 fully saturated rings. The van der Waals surface area contributed by atoms with Crippen molar-refractivity contribution < 1.29 is 14.3 Å². The van der Waals surface area contributed by atoms with E-state index < -0.39 is 6.04 Å². The molecule has 2 aromatic rings. The molecule has 0 heterocycles. The first-order valence-corrected chi connectivity index (χ1v) is 11.7. The van der Waals surface area contributed by atoms with E-state index in [0.29, 0.717) is 27.2 Å². The van der Waals surface area contributed by atoms with Crippen LogP contribution in [0, 0.1) is 6.92 Å². The fraction of sp³-hybridized carbons (Fsp3) is 0.417.